The lowest BCUT2D eigenvalue weighted by atomic mass is 10.3. The van der Waals surface area contributed by atoms with Crippen LogP contribution in [0.25, 0.3) is 11.1 Å². The normalized spacial score (nSPS) is 9.50. The fourth-order valence-electron chi connectivity index (χ4n) is 1.40. The van der Waals surface area contributed by atoms with Crippen molar-refractivity contribution in [3.05, 3.63) is 28.7 Å². The number of aryl methyl sites for hydroxylation is 1. The summed E-state index contributed by atoms with van der Waals surface area (Å²) in [4.78, 5) is 11.3. The number of benzene rings is 1. The van der Waals surface area contributed by atoms with Crippen molar-refractivity contribution >= 4 is 22.5 Å². The van der Waals surface area contributed by atoms with Crippen LogP contribution in [0.15, 0.2) is 32.5 Å². The van der Waals surface area contributed by atoms with E-state index in [0.29, 0.717) is 16.8 Å². The number of aromatic nitrogens is 1. The van der Waals surface area contributed by atoms with Crippen molar-refractivity contribution in [2.24, 2.45) is 12.1 Å². The van der Waals surface area contributed by atoms with Crippen LogP contribution in [0.4, 0.5) is 5.69 Å². The number of anilines is 1. The Balaban J connectivity index is 2.38. The lowest BCUT2D eigenvalue weighted by Gasteiger charge is -1.99. The van der Waals surface area contributed by atoms with Crippen LogP contribution in [0.1, 0.15) is 0 Å². The van der Waals surface area contributed by atoms with E-state index < -0.39 is 5.76 Å². The van der Waals surface area contributed by atoms with Gasteiger partial charge in [0.1, 0.15) is 12.1 Å². The summed E-state index contributed by atoms with van der Waals surface area (Å²) in [5, 5.41) is 20.6. The molecule has 1 heterocycles. The molecule has 18 heavy (non-hydrogen) atoms. The maximum Gasteiger partial charge on any atom is 0.419 e. The number of nitriles is 2. The van der Waals surface area contributed by atoms with Crippen molar-refractivity contribution in [2.75, 3.05) is 5.43 Å². The second-order valence-corrected chi connectivity index (χ2v) is 3.41. The molecule has 7 heteroatoms. The van der Waals surface area contributed by atoms with Gasteiger partial charge in [-0.1, -0.05) is 0 Å². The van der Waals surface area contributed by atoms with Gasteiger partial charge in [0.05, 0.1) is 11.2 Å². The largest absolute Gasteiger partial charge is 0.419 e. The van der Waals surface area contributed by atoms with Gasteiger partial charge in [0.2, 0.25) is 5.71 Å². The lowest BCUT2D eigenvalue weighted by Crippen LogP contribution is -2.08. The van der Waals surface area contributed by atoms with Crippen LogP contribution in [0, 0.1) is 22.7 Å². The first-order valence-corrected chi connectivity index (χ1v) is 4.89. The first-order valence-electron chi connectivity index (χ1n) is 4.89. The van der Waals surface area contributed by atoms with Crippen LogP contribution >= 0.6 is 0 Å². The maximum absolute atomic E-state index is 11.3. The van der Waals surface area contributed by atoms with Gasteiger partial charge < -0.3 is 4.42 Å². The molecule has 0 aliphatic heterocycles. The average Bonchev–Trinajstić information content (AvgIpc) is 2.66. The van der Waals surface area contributed by atoms with E-state index in [1.54, 1.807) is 37.4 Å². The standard InChI is InChI=1S/C11H7N5O2/c1-16-9-3-2-7(4-10(9)18-11(16)17)14-15-8(5-12)6-13/h2-4,14H,1H3. The fraction of sp³-hybridized carbons (Fsp3) is 0.0909. The first kappa shape index (κ1) is 11.4. The topological polar surface area (TPSA) is 107 Å². The minimum absolute atomic E-state index is 0.287. The van der Waals surface area contributed by atoms with Gasteiger partial charge in [-0.3, -0.25) is 9.99 Å². The SMILES string of the molecule is Cn1c(=O)oc2cc(NN=C(C#N)C#N)ccc21. The van der Waals surface area contributed by atoms with Crippen molar-refractivity contribution in [3.8, 4) is 12.1 Å². The molecule has 0 aliphatic rings. The molecule has 0 unspecified atom stereocenters. The van der Waals surface area contributed by atoms with E-state index in [-0.39, 0.29) is 5.71 Å². The van der Waals surface area contributed by atoms with Crippen LogP contribution in [0.2, 0.25) is 0 Å². The zero-order chi connectivity index (χ0) is 13.1. The van der Waals surface area contributed by atoms with Crippen LogP contribution in [-0.4, -0.2) is 10.3 Å². The molecule has 2 aromatic rings. The molecule has 0 saturated heterocycles. The molecule has 0 saturated carbocycles. The van der Waals surface area contributed by atoms with Crippen molar-refractivity contribution < 1.29 is 4.42 Å². The summed E-state index contributed by atoms with van der Waals surface area (Å²) >= 11 is 0. The molecule has 1 aromatic heterocycles. The number of hydrogen-bond acceptors (Lipinski definition) is 6. The summed E-state index contributed by atoms with van der Waals surface area (Å²) in [6.45, 7) is 0. The van der Waals surface area contributed by atoms with Crippen LogP contribution in [-0.2, 0) is 7.05 Å². The van der Waals surface area contributed by atoms with Crippen LogP contribution in [0.5, 0.6) is 0 Å². The summed E-state index contributed by atoms with van der Waals surface area (Å²) in [5.74, 6) is -0.458. The number of oxazole rings is 1. The number of hydrazone groups is 1. The molecule has 7 nitrogen and oxygen atoms in total. The van der Waals surface area contributed by atoms with Crippen LogP contribution in [0.3, 0.4) is 0 Å². The monoisotopic (exact) mass is 241 g/mol. The van der Waals surface area contributed by atoms with Gasteiger partial charge in [-0.25, -0.2) is 4.79 Å². The smallest absolute Gasteiger partial charge is 0.408 e. The third kappa shape index (κ3) is 1.93. The lowest BCUT2D eigenvalue weighted by molar-refractivity contribution is 0.528. The number of hydrogen-bond donors (Lipinski definition) is 1. The van der Waals surface area contributed by atoms with Crippen molar-refractivity contribution in [3.63, 3.8) is 0 Å². The number of nitrogens with zero attached hydrogens (tertiary/aromatic N) is 4. The summed E-state index contributed by atoms with van der Waals surface area (Å²) in [5.41, 5.74) is 3.81. The Morgan fingerprint density at radius 1 is 1.44 bits per heavy atom. The highest BCUT2D eigenvalue weighted by Crippen LogP contribution is 2.17. The van der Waals surface area contributed by atoms with E-state index in [9.17, 15) is 4.79 Å². The average molecular weight is 241 g/mol. The Kier molecular flexibility index (Phi) is 2.82. The molecule has 0 atom stereocenters. The van der Waals surface area contributed by atoms with Gasteiger partial charge in [0.25, 0.3) is 0 Å². The molecule has 0 amide bonds. The zero-order valence-electron chi connectivity index (χ0n) is 9.34. The minimum Gasteiger partial charge on any atom is -0.408 e. The van der Waals surface area contributed by atoms with Gasteiger partial charge >= 0.3 is 5.76 Å². The van der Waals surface area contributed by atoms with Gasteiger partial charge in [-0.15, -0.1) is 0 Å². The Morgan fingerprint density at radius 2 is 2.17 bits per heavy atom. The van der Waals surface area contributed by atoms with Gasteiger partial charge in [-0.2, -0.15) is 15.6 Å². The van der Waals surface area contributed by atoms with Crippen molar-refractivity contribution in [1.82, 2.24) is 4.57 Å². The maximum atomic E-state index is 11.3. The highest BCUT2D eigenvalue weighted by molar-refractivity contribution is 6.10. The second-order valence-electron chi connectivity index (χ2n) is 3.41. The van der Waals surface area contributed by atoms with E-state index >= 15 is 0 Å². The second kappa shape index (κ2) is 4.44. The summed E-state index contributed by atoms with van der Waals surface area (Å²) < 4.78 is 6.36. The quantitative estimate of drug-likeness (QED) is 0.622. The third-order valence-electron chi connectivity index (χ3n) is 2.30. The molecule has 0 spiro atoms. The van der Waals surface area contributed by atoms with E-state index in [4.69, 9.17) is 14.9 Å². The Bertz CT molecular complexity index is 753. The van der Waals surface area contributed by atoms with Crippen molar-refractivity contribution in [2.45, 2.75) is 0 Å². The molecular weight excluding hydrogens is 234 g/mol. The molecule has 88 valence electrons. The Labute approximate surface area is 101 Å². The molecule has 0 aliphatic carbocycles. The number of rotatable bonds is 2. The van der Waals surface area contributed by atoms with Gasteiger partial charge in [-0.05, 0) is 12.1 Å². The summed E-state index contributed by atoms with van der Waals surface area (Å²) in [6.07, 6.45) is 0. The van der Waals surface area contributed by atoms with E-state index in [1.165, 1.54) is 4.57 Å². The predicted octanol–water partition coefficient (Wildman–Crippen LogP) is 0.947. The summed E-state index contributed by atoms with van der Waals surface area (Å²) in [7, 11) is 1.60. The molecule has 0 radical (unpaired) electrons. The first-order chi connectivity index (χ1) is 8.65. The molecule has 2 rings (SSSR count). The third-order valence-corrected chi connectivity index (χ3v) is 2.30. The molecule has 0 bridgehead atoms. The minimum atomic E-state index is -0.458. The Morgan fingerprint density at radius 3 is 2.83 bits per heavy atom. The molecule has 1 N–H and O–H groups in total. The van der Waals surface area contributed by atoms with Crippen LogP contribution < -0.4 is 11.2 Å². The highest BCUT2D eigenvalue weighted by Gasteiger charge is 2.06. The number of fused-ring (bicyclic) bond motifs is 1. The zero-order valence-corrected chi connectivity index (χ0v) is 9.34. The van der Waals surface area contributed by atoms with Gasteiger partial charge in [0.15, 0.2) is 5.58 Å². The highest BCUT2D eigenvalue weighted by atomic mass is 16.4. The number of nitrogens with one attached hydrogen (secondary N) is 1. The van der Waals surface area contributed by atoms with Gasteiger partial charge in [0, 0.05) is 13.1 Å². The predicted molar refractivity (Wildman–Crippen MR) is 63.7 cm³/mol. The summed E-state index contributed by atoms with van der Waals surface area (Å²) in [6, 6.07) is 8.14. The Hall–Kier alpha value is -3.06. The molecule has 0 fully saturated rings. The molecular formula is C11H7N5O2. The van der Waals surface area contributed by atoms with E-state index in [0.717, 1.165) is 0 Å². The van der Waals surface area contributed by atoms with E-state index in [2.05, 4.69) is 10.5 Å². The molecule has 1 aromatic carbocycles. The van der Waals surface area contributed by atoms with Crippen molar-refractivity contribution in [1.29, 1.82) is 10.5 Å². The fourth-order valence-corrected chi connectivity index (χ4v) is 1.40. The van der Waals surface area contributed by atoms with E-state index in [1.807, 2.05) is 0 Å².